The van der Waals surface area contributed by atoms with Crippen LogP contribution in [0, 0.1) is 0 Å². The van der Waals surface area contributed by atoms with Crippen LogP contribution in [0.5, 0.6) is 0 Å². The summed E-state index contributed by atoms with van der Waals surface area (Å²) in [7, 11) is 7.44. The molecule has 20 heteroatoms. The van der Waals surface area contributed by atoms with Crippen molar-refractivity contribution in [1.82, 2.24) is 31.9 Å². The summed E-state index contributed by atoms with van der Waals surface area (Å²) in [4.78, 5) is 87.0. The van der Waals surface area contributed by atoms with E-state index in [-0.39, 0.29) is 23.0 Å². The van der Waals surface area contributed by atoms with Gasteiger partial charge in [-0.1, -0.05) is 43.2 Å². The van der Waals surface area contributed by atoms with Crippen molar-refractivity contribution in [3.63, 3.8) is 0 Å². The lowest BCUT2D eigenvalue weighted by atomic mass is 10.1. The second kappa shape index (κ2) is 19.9. The number of likely N-dealkylation sites (N-methyl/N-ethyl adjacent to an activating group) is 2. The molecule has 4 amide bonds. The molecule has 0 aromatic heterocycles. The van der Waals surface area contributed by atoms with E-state index in [0.717, 1.165) is 21.6 Å². The molecule has 1 saturated heterocycles. The van der Waals surface area contributed by atoms with Crippen molar-refractivity contribution >= 4 is 84.5 Å². The fraction of sp³-hybridized carbons (Fsp3) is 0.696. The second-order valence-corrected chi connectivity index (χ2v) is 14.4. The highest BCUT2D eigenvalue weighted by molar-refractivity contribution is 8.77. The van der Waals surface area contributed by atoms with Crippen LogP contribution in [0.4, 0.5) is 0 Å². The number of aliphatic hydroxyl groups excluding tert-OH is 1. The van der Waals surface area contributed by atoms with E-state index >= 15 is 0 Å². The minimum Gasteiger partial charge on any atom is -0.481 e. The first kappa shape index (κ1) is 38.8. The molecule has 1 rings (SSSR count). The van der Waals surface area contributed by atoms with Crippen molar-refractivity contribution in [1.29, 1.82) is 0 Å². The Morgan fingerprint density at radius 2 is 1.23 bits per heavy atom. The van der Waals surface area contributed by atoms with Crippen molar-refractivity contribution in [3.8, 4) is 0 Å². The van der Waals surface area contributed by atoms with Crippen LogP contribution in [0.25, 0.3) is 0 Å². The van der Waals surface area contributed by atoms with E-state index in [2.05, 4.69) is 31.9 Å². The Labute approximate surface area is 264 Å². The molecule has 43 heavy (non-hydrogen) atoms. The maximum atomic E-state index is 12.9. The molecule has 9 N–H and O–H groups in total. The summed E-state index contributed by atoms with van der Waals surface area (Å²) in [6, 6.07) is -7.12. The van der Waals surface area contributed by atoms with Crippen LogP contribution >= 0.6 is 43.2 Å². The minimum absolute atomic E-state index is 0.0372. The van der Waals surface area contributed by atoms with Crippen LogP contribution in [0.2, 0.25) is 0 Å². The molecule has 1 heterocycles. The van der Waals surface area contributed by atoms with Crippen LogP contribution in [-0.4, -0.2) is 136 Å². The first-order chi connectivity index (χ1) is 20.2. The molecule has 0 aromatic carbocycles. The van der Waals surface area contributed by atoms with Crippen LogP contribution in [0.15, 0.2) is 0 Å². The molecule has 1 aliphatic heterocycles. The van der Waals surface area contributed by atoms with Crippen LogP contribution in [0.3, 0.4) is 0 Å². The topological polar surface area (TPSA) is 252 Å². The number of carbonyl (C=O) groups excluding carboxylic acids is 5. The van der Waals surface area contributed by atoms with Gasteiger partial charge in [0.05, 0.1) is 30.7 Å². The summed E-state index contributed by atoms with van der Waals surface area (Å²) in [6.45, 7) is 2.48. The zero-order chi connectivity index (χ0) is 32.7. The average Bonchev–Trinajstić information content (AvgIpc) is 2.92. The summed E-state index contributed by atoms with van der Waals surface area (Å²) < 4.78 is 0. The summed E-state index contributed by atoms with van der Waals surface area (Å²) in [5, 5.41) is 44.3. The third kappa shape index (κ3) is 14.0. The van der Waals surface area contributed by atoms with Crippen molar-refractivity contribution in [3.05, 3.63) is 0 Å². The molecule has 0 saturated carbocycles. The van der Waals surface area contributed by atoms with Gasteiger partial charge < -0.3 is 47.2 Å². The molecule has 1 aliphatic rings. The first-order valence-corrected chi connectivity index (χ1v) is 17.9. The molecule has 7 atom stereocenters. The monoisotopic (exact) mass is 686 g/mol. The molecule has 244 valence electrons. The van der Waals surface area contributed by atoms with Crippen molar-refractivity contribution < 1.29 is 48.9 Å². The lowest BCUT2D eigenvalue weighted by Gasteiger charge is -2.26. The van der Waals surface area contributed by atoms with E-state index in [1.165, 1.54) is 49.5 Å². The number of hydrogen-bond donors (Lipinski definition) is 9. The van der Waals surface area contributed by atoms with E-state index in [1.54, 1.807) is 0 Å². The van der Waals surface area contributed by atoms with E-state index < -0.39 is 90.1 Å². The number of ketones is 1. The van der Waals surface area contributed by atoms with Gasteiger partial charge in [-0.3, -0.25) is 28.8 Å². The minimum atomic E-state index is -1.48. The predicted octanol–water partition coefficient (Wildman–Crippen LogP) is -2.59. The smallest absolute Gasteiger partial charge is 0.327 e. The number of Topliss-reactive ketones (excluding diaryl/α,β-unsaturated/α-hetero) is 1. The highest BCUT2D eigenvalue weighted by Gasteiger charge is 2.33. The molecule has 0 aromatic rings. The first-order valence-electron chi connectivity index (χ1n) is 12.9. The van der Waals surface area contributed by atoms with Gasteiger partial charge in [0.15, 0.2) is 5.78 Å². The molecule has 0 bridgehead atoms. The number of carbonyl (C=O) groups is 7. The number of carboxylic acids is 2. The summed E-state index contributed by atoms with van der Waals surface area (Å²) in [6.07, 6.45) is -2.10. The van der Waals surface area contributed by atoms with Gasteiger partial charge in [-0.25, -0.2) is 4.79 Å². The molecular formula is C23H38N6O10S4. The molecular weight excluding hydrogens is 649 g/mol. The number of aliphatic hydroxyl groups is 1. The SMILES string of the molecule is CN[C@H]1CSSC[C@H](NC)C(=O)N[C@@H]([C@@H](C)O)C(=O)N[C@H](C(=O)O)CSSC[C@@H](C(C)=O)NC(=O)[C@H](CC(=O)O)NC1=O. The van der Waals surface area contributed by atoms with E-state index in [1.807, 2.05) is 0 Å². The Balaban J connectivity index is 3.26. The number of aliphatic carboxylic acids is 2. The maximum absolute atomic E-state index is 12.9. The number of carboxylic acid groups (broad SMARTS) is 2. The standard InChI is InChI=1S/C23H38N6O10S4/c1-10(30)13-6-40-43-9-16(23(38)39)28-22(37)18(11(2)31)29-21(36)15(25-4)8-42-41-7-14(24-3)20(35)26-12(5-17(32)33)19(34)27-13/h11-16,18,24-25,31H,5-9H2,1-4H3,(H,26,35)(H,27,34)(H,28,37)(H,29,36)(H,32,33)(H,38,39)/t11-,12+,13+,14+,15+,16+,18+/m1/s1. The van der Waals surface area contributed by atoms with E-state index in [9.17, 15) is 48.9 Å². The highest BCUT2D eigenvalue weighted by atomic mass is 33.1. The quantitative estimate of drug-likeness (QED) is 0.125. The largest absolute Gasteiger partial charge is 0.481 e. The molecule has 0 radical (unpaired) electrons. The zero-order valence-corrected chi connectivity index (χ0v) is 27.2. The van der Waals surface area contributed by atoms with Crippen molar-refractivity contribution in [2.24, 2.45) is 0 Å². The molecule has 0 unspecified atom stereocenters. The number of nitrogens with one attached hydrogen (secondary N) is 6. The number of rotatable bonds is 7. The number of amides is 4. The molecule has 16 nitrogen and oxygen atoms in total. The van der Waals surface area contributed by atoms with Crippen LogP contribution in [0.1, 0.15) is 20.3 Å². The predicted molar refractivity (Wildman–Crippen MR) is 166 cm³/mol. The Morgan fingerprint density at radius 1 is 0.767 bits per heavy atom. The Kier molecular flexibility index (Phi) is 18.0. The Hall–Kier alpha value is -2.23. The molecule has 1 fully saturated rings. The second-order valence-electron chi connectivity index (χ2n) is 9.28. The lowest BCUT2D eigenvalue weighted by molar-refractivity contribution is -0.142. The highest BCUT2D eigenvalue weighted by Crippen LogP contribution is 2.24. The van der Waals surface area contributed by atoms with Crippen molar-refractivity contribution in [2.45, 2.75) is 62.6 Å². The zero-order valence-electron chi connectivity index (χ0n) is 23.9. The van der Waals surface area contributed by atoms with Gasteiger partial charge in [0.25, 0.3) is 0 Å². The van der Waals surface area contributed by atoms with Gasteiger partial charge >= 0.3 is 11.9 Å². The molecule has 0 aliphatic carbocycles. The van der Waals surface area contributed by atoms with E-state index in [4.69, 9.17) is 0 Å². The van der Waals surface area contributed by atoms with Gasteiger partial charge in [-0.15, -0.1) is 0 Å². The van der Waals surface area contributed by atoms with Gasteiger partial charge in [-0.2, -0.15) is 0 Å². The van der Waals surface area contributed by atoms with Crippen LogP contribution in [-0.2, 0) is 33.6 Å². The lowest BCUT2D eigenvalue weighted by Crippen LogP contribution is -2.59. The fourth-order valence-corrected chi connectivity index (χ4v) is 8.23. The van der Waals surface area contributed by atoms with E-state index in [0.29, 0.717) is 0 Å². The number of hydrogen-bond acceptors (Lipinski definition) is 14. The summed E-state index contributed by atoms with van der Waals surface area (Å²) >= 11 is 0. The Morgan fingerprint density at radius 3 is 1.67 bits per heavy atom. The van der Waals surface area contributed by atoms with Crippen molar-refractivity contribution in [2.75, 3.05) is 37.1 Å². The third-order valence-electron chi connectivity index (χ3n) is 5.93. The van der Waals surface area contributed by atoms with Gasteiger partial charge in [0.2, 0.25) is 23.6 Å². The normalized spacial score (nSPS) is 28.5. The summed E-state index contributed by atoms with van der Waals surface area (Å²) in [5.41, 5.74) is 0. The Bertz CT molecular complexity index is 1020. The van der Waals surface area contributed by atoms with Gasteiger partial charge in [0, 0.05) is 23.0 Å². The van der Waals surface area contributed by atoms with Gasteiger partial charge in [-0.05, 0) is 27.9 Å². The van der Waals surface area contributed by atoms with Gasteiger partial charge in [0.1, 0.15) is 18.1 Å². The third-order valence-corrected chi connectivity index (χ3v) is 10.8. The average molecular weight is 687 g/mol. The summed E-state index contributed by atoms with van der Waals surface area (Å²) in [5.74, 6) is -6.17. The van der Waals surface area contributed by atoms with Crippen LogP contribution < -0.4 is 31.9 Å². The fourth-order valence-electron chi connectivity index (χ4n) is 3.33. The molecule has 0 spiro atoms. The maximum Gasteiger partial charge on any atom is 0.327 e.